The lowest BCUT2D eigenvalue weighted by atomic mass is 10.1. The second kappa shape index (κ2) is 6.48. The molecule has 2 N–H and O–H groups in total. The van der Waals surface area contributed by atoms with Crippen LogP contribution < -0.4 is 5.32 Å². The van der Waals surface area contributed by atoms with E-state index in [2.05, 4.69) is 5.32 Å². The van der Waals surface area contributed by atoms with Gasteiger partial charge in [-0.25, -0.2) is 0 Å². The van der Waals surface area contributed by atoms with E-state index in [9.17, 15) is 19.7 Å². The molecule has 7 heteroatoms. The third-order valence-corrected chi connectivity index (χ3v) is 2.49. The summed E-state index contributed by atoms with van der Waals surface area (Å²) < 4.78 is 0. The molecule has 0 aliphatic carbocycles. The monoisotopic (exact) mass is 266 g/mol. The average Bonchev–Trinajstić information content (AvgIpc) is 2.31. The maximum absolute atomic E-state index is 11.5. The molecule has 19 heavy (non-hydrogen) atoms. The zero-order valence-corrected chi connectivity index (χ0v) is 10.4. The minimum absolute atomic E-state index is 0.0404. The van der Waals surface area contributed by atoms with Crippen molar-refractivity contribution in [3.05, 3.63) is 33.9 Å². The third-order valence-electron chi connectivity index (χ3n) is 2.49. The molecule has 102 valence electrons. The van der Waals surface area contributed by atoms with E-state index < -0.39 is 10.9 Å². The van der Waals surface area contributed by atoms with Crippen molar-refractivity contribution >= 4 is 23.3 Å². The quantitative estimate of drug-likeness (QED) is 0.605. The number of non-ortho nitro benzene ring substituents is 1. The number of carbonyl (C=O) groups excluding carboxylic acids is 1. The van der Waals surface area contributed by atoms with E-state index in [1.54, 1.807) is 6.92 Å². The molecular weight excluding hydrogens is 252 g/mol. The molecule has 7 nitrogen and oxygen atoms in total. The fourth-order valence-electron chi connectivity index (χ4n) is 1.51. The number of hydrogen-bond donors (Lipinski definition) is 2. The zero-order valence-electron chi connectivity index (χ0n) is 10.4. The summed E-state index contributed by atoms with van der Waals surface area (Å²) in [5.41, 5.74) is 1.04. The summed E-state index contributed by atoms with van der Waals surface area (Å²) in [6.07, 6.45) is 0.294. The molecule has 0 unspecified atom stereocenters. The summed E-state index contributed by atoms with van der Waals surface area (Å²) in [5, 5.41) is 21.6. The van der Waals surface area contributed by atoms with Gasteiger partial charge in [-0.1, -0.05) is 0 Å². The number of nitrogens with one attached hydrogen (secondary N) is 1. The number of amides is 1. The predicted octanol–water partition coefficient (Wildman–Crippen LogP) is 2.10. The molecule has 0 radical (unpaired) electrons. The van der Waals surface area contributed by atoms with Crippen LogP contribution in [-0.2, 0) is 9.59 Å². The van der Waals surface area contributed by atoms with E-state index in [1.165, 1.54) is 18.2 Å². The van der Waals surface area contributed by atoms with Crippen LogP contribution in [0.15, 0.2) is 18.2 Å². The number of carboxylic acids is 1. The van der Waals surface area contributed by atoms with Crippen molar-refractivity contribution in [3.8, 4) is 0 Å². The normalized spacial score (nSPS) is 9.95. The molecule has 0 fully saturated rings. The molecule has 0 aromatic heterocycles. The van der Waals surface area contributed by atoms with E-state index in [1.807, 2.05) is 0 Å². The van der Waals surface area contributed by atoms with Gasteiger partial charge in [0.1, 0.15) is 0 Å². The fraction of sp³-hybridized carbons (Fsp3) is 0.333. The van der Waals surface area contributed by atoms with Gasteiger partial charge in [-0.3, -0.25) is 19.7 Å². The summed E-state index contributed by atoms with van der Waals surface area (Å²) in [7, 11) is 0. The summed E-state index contributed by atoms with van der Waals surface area (Å²) in [4.78, 5) is 31.9. The zero-order chi connectivity index (χ0) is 14.4. The lowest BCUT2D eigenvalue weighted by Crippen LogP contribution is -2.12. The molecular formula is C12H14N2O5. The number of anilines is 1. The van der Waals surface area contributed by atoms with Crippen LogP contribution in [0.5, 0.6) is 0 Å². The predicted molar refractivity (Wildman–Crippen MR) is 67.9 cm³/mol. The number of hydrogen-bond acceptors (Lipinski definition) is 4. The summed E-state index contributed by atoms with van der Waals surface area (Å²) in [6.45, 7) is 1.65. The highest BCUT2D eigenvalue weighted by Gasteiger charge is 2.10. The fourth-order valence-corrected chi connectivity index (χ4v) is 1.51. The molecule has 0 saturated heterocycles. The van der Waals surface area contributed by atoms with Crippen LogP contribution in [0.1, 0.15) is 24.8 Å². The molecule has 0 aliphatic rings. The number of nitro benzene ring substituents is 1. The van der Waals surface area contributed by atoms with Crippen molar-refractivity contribution in [3.63, 3.8) is 0 Å². The van der Waals surface area contributed by atoms with Gasteiger partial charge in [0.15, 0.2) is 0 Å². The summed E-state index contributed by atoms with van der Waals surface area (Å²) in [5.74, 6) is -1.25. The van der Waals surface area contributed by atoms with Gasteiger partial charge in [0, 0.05) is 30.7 Å². The van der Waals surface area contributed by atoms with Crippen LogP contribution in [0.25, 0.3) is 0 Å². The standard InChI is InChI=1S/C12H14N2O5/c1-8-7-9(14(18)19)5-6-10(8)13-11(15)3-2-4-12(16)17/h5-7H,2-4H2,1H3,(H,13,15)(H,16,17). The minimum atomic E-state index is -0.945. The molecule has 1 aromatic carbocycles. The number of nitro groups is 1. The summed E-state index contributed by atoms with van der Waals surface area (Å²) in [6, 6.07) is 4.13. The second-order valence-electron chi connectivity index (χ2n) is 4.05. The molecule has 0 spiro atoms. The Hall–Kier alpha value is -2.44. The smallest absolute Gasteiger partial charge is 0.303 e. The molecule has 0 aliphatic heterocycles. The van der Waals surface area contributed by atoms with Crippen molar-refractivity contribution in [2.24, 2.45) is 0 Å². The number of rotatable bonds is 6. The third kappa shape index (κ3) is 4.74. The van der Waals surface area contributed by atoms with Crippen LogP contribution >= 0.6 is 0 Å². The number of carboxylic acid groups (broad SMARTS) is 1. The average molecular weight is 266 g/mol. The van der Waals surface area contributed by atoms with Crippen molar-refractivity contribution in [1.29, 1.82) is 0 Å². The van der Waals surface area contributed by atoms with Gasteiger partial charge in [-0.2, -0.15) is 0 Å². The van der Waals surface area contributed by atoms with E-state index >= 15 is 0 Å². The van der Waals surface area contributed by atoms with E-state index in [-0.39, 0.29) is 30.9 Å². The molecule has 1 aromatic rings. The number of carbonyl (C=O) groups is 2. The first-order chi connectivity index (χ1) is 8.90. The SMILES string of the molecule is Cc1cc([N+](=O)[O-])ccc1NC(=O)CCCC(=O)O. The van der Waals surface area contributed by atoms with Crippen LogP contribution in [-0.4, -0.2) is 21.9 Å². The van der Waals surface area contributed by atoms with Crippen molar-refractivity contribution in [1.82, 2.24) is 0 Å². The topological polar surface area (TPSA) is 110 Å². The Morgan fingerprint density at radius 2 is 2.05 bits per heavy atom. The van der Waals surface area contributed by atoms with E-state index in [4.69, 9.17) is 5.11 Å². The Labute approximate surface area is 109 Å². The van der Waals surface area contributed by atoms with Gasteiger partial charge in [0.2, 0.25) is 5.91 Å². The van der Waals surface area contributed by atoms with Gasteiger partial charge in [-0.05, 0) is 25.0 Å². The molecule has 0 saturated carbocycles. The lowest BCUT2D eigenvalue weighted by molar-refractivity contribution is -0.384. The van der Waals surface area contributed by atoms with Gasteiger partial charge in [0.25, 0.3) is 5.69 Å². The van der Waals surface area contributed by atoms with E-state index in [0.717, 1.165) is 0 Å². The number of nitrogens with zero attached hydrogens (tertiary/aromatic N) is 1. The molecule has 0 atom stereocenters. The highest BCUT2D eigenvalue weighted by atomic mass is 16.6. The maximum atomic E-state index is 11.5. The Balaban J connectivity index is 2.59. The highest BCUT2D eigenvalue weighted by Crippen LogP contribution is 2.21. The maximum Gasteiger partial charge on any atom is 0.303 e. The molecule has 1 rings (SSSR count). The van der Waals surface area contributed by atoms with Crippen molar-refractivity contribution in [2.45, 2.75) is 26.2 Å². The Morgan fingerprint density at radius 3 is 2.58 bits per heavy atom. The number of aryl methyl sites for hydroxylation is 1. The summed E-state index contributed by atoms with van der Waals surface area (Å²) >= 11 is 0. The van der Waals surface area contributed by atoms with Crippen molar-refractivity contribution in [2.75, 3.05) is 5.32 Å². The molecule has 0 heterocycles. The largest absolute Gasteiger partial charge is 0.481 e. The first-order valence-corrected chi connectivity index (χ1v) is 5.67. The Morgan fingerprint density at radius 1 is 1.37 bits per heavy atom. The molecule has 0 bridgehead atoms. The molecule has 1 amide bonds. The van der Waals surface area contributed by atoms with Crippen molar-refractivity contribution < 1.29 is 19.6 Å². The van der Waals surface area contributed by atoms with Crippen LogP contribution in [0, 0.1) is 17.0 Å². The van der Waals surface area contributed by atoms with E-state index in [0.29, 0.717) is 11.3 Å². The minimum Gasteiger partial charge on any atom is -0.481 e. The lowest BCUT2D eigenvalue weighted by Gasteiger charge is -2.07. The Kier molecular flexibility index (Phi) is 4.99. The number of benzene rings is 1. The van der Waals surface area contributed by atoms with Gasteiger partial charge in [-0.15, -0.1) is 0 Å². The van der Waals surface area contributed by atoms with Crippen LogP contribution in [0.4, 0.5) is 11.4 Å². The first-order valence-electron chi connectivity index (χ1n) is 5.67. The van der Waals surface area contributed by atoms with Crippen LogP contribution in [0.3, 0.4) is 0 Å². The van der Waals surface area contributed by atoms with Gasteiger partial charge in [0.05, 0.1) is 4.92 Å². The number of aliphatic carboxylic acids is 1. The van der Waals surface area contributed by atoms with Crippen LogP contribution in [0.2, 0.25) is 0 Å². The first kappa shape index (κ1) is 14.6. The Bertz CT molecular complexity index is 513. The van der Waals surface area contributed by atoms with Gasteiger partial charge < -0.3 is 10.4 Å². The highest BCUT2D eigenvalue weighted by molar-refractivity contribution is 5.91. The second-order valence-corrected chi connectivity index (χ2v) is 4.05. The van der Waals surface area contributed by atoms with Gasteiger partial charge >= 0.3 is 5.97 Å².